The van der Waals surface area contributed by atoms with Crippen LogP contribution in [0.25, 0.3) is 0 Å². The standard InChI is InChI=1S/C22H30N2/c1-21(2,3)20-6-4-5-15-22(20,16-7-11-18(23)12-8-16)17-9-13-19(24)14-10-17/h7-14,20H,4-6,15,23-24H2,1-3H3. The molecular weight excluding hydrogens is 292 g/mol. The van der Waals surface area contributed by atoms with Crippen molar-refractivity contribution in [3.63, 3.8) is 0 Å². The lowest BCUT2D eigenvalue weighted by Gasteiger charge is -2.51. The zero-order chi connectivity index (χ0) is 17.4. The van der Waals surface area contributed by atoms with E-state index in [1.54, 1.807) is 0 Å². The zero-order valence-corrected chi connectivity index (χ0v) is 15.2. The molecule has 1 fully saturated rings. The van der Waals surface area contributed by atoms with Crippen LogP contribution < -0.4 is 11.5 Å². The van der Waals surface area contributed by atoms with Gasteiger partial charge in [-0.1, -0.05) is 57.9 Å². The molecule has 0 aromatic heterocycles. The first-order valence-corrected chi connectivity index (χ1v) is 9.06. The van der Waals surface area contributed by atoms with E-state index in [1.807, 2.05) is 24.3 Å². The van der Waals surface area contributed by atoms with Crippen LogP contribution in [-0.4, -0.2) is 0 Å². The second-order valence-corrected chi connectivity index (χ2v) is 8.38. The summed E-state index contributed by atoms with van der Waals surface area (Å²) in [6.07, 6.45) is 5.02. The summed E-state index contributed by atoms with van der Waals surface area (Å²) < 4.78 is 0. The van der Waals surface area contributed by atoms with Crippen molar-refractivity contribution in [2.45, 2.75) is 51.9 Å². The van der Waals surface area contributed by atoms with Crippen molar-refractivity contribution >= 4 is 11.4 Å². The molecule has 2 heteroatoms. The van der Waals surface area contributed by atoms with Crippen LogP contribution in [0, 0.1) is 11.3 Å². The van der Waals surface area contributed by atoms with Crippen LogP contribution in [0.3, 0.4) is 0 Å². The molecular formula is C22H30N2. The Kier molecular flexibility index (Phi) is 4.33. The molecule has 3 rings (SSSR count). The molecule has 1 aliphatic carbocycles. The zero-order valence-electron chi connectivity index (χ0n) is 15.2. The van der Waals surface area contributed by atoms with E-state index in [1.165, 1.54) is 36.8 Å². The van der Waals surface area contributed by atoms with Gasteiger partial charge in [0.1, 0.15) is 0 Å². The van der Waals surface area contributed by atoms with E-state index in [0.717, 1.165) is 11.4 Å². The third-order valence-corrected chi connectivity index (χ3v) is 5.81. The van der Waals surface area contributed by atoms with Gasteiger partial charge in [0.15, 0.2) is 0 Å². The quantitative estimate of drug-likeness (QED) is 0.730. The summed E-state index contributed by atoms with van der Waals surface area (Å²) in [6.45, 7) is 7.14. The Balaban J connectivity index is 2.22. The van der Waals surface area contributed by atoms with Crippen molar-refractivity contribution in [2.75, 3.05) is 11.5 Å². The van der Waals surface area contributed by atoms with Gasteiger partial charge >= 0.3 is 0 Å². The Morgan fingerprint density at radius 1 is 0.792 bits per heavy atom. The molecule has 24 heavy (non-hydrogen) atoms. The summed E-state index contributed by atoms with van der Waals surface area (Å²) in [7, 11) is 0. The fraction of sp³-hybridized carbons (Fsp3) is 0.455. The molecule has 2 aromatic rings. The van der Waals surface area contributed by atoms with E-state index in [0.29, 0.717) is 5.92 Å². The monoisotopic (exact) mass is 322 g/mol. The molecule has 1 atom stereocenters. The first kappa shape index (κ1) is 16.9. The van der Waals surface area contributed by atoms with Gasteiger partial charge in [-0.3, -0.25) is 0 Å². The number of hydrogen-bond acceptors (Lipinski definition) is 2. The van der Waals surface area contributed by atoms with E-state index in [2.05, 4.69) is 45.0 Å². The summed E-state index contributed by atoms with van der Waals surface area (Å²) >= 11 is 0. The van der Waals surface area contributed by atoms with Crippen LogP contribution in [0.1, 0.15) is 57.6 Å². The van der Waals surface area contributed by atoms with Gasteiger partial charge in [-0.25, -0.2) is 0 Å². The van der Waals surface area contributed by atoms with Crippen LogP contribution in [0.15, 0.2) is 48.5 Å². The van der Waals surface area contributed by atoms with Crippen molar-refractivity contribution in [1.29, 1.82) is 0 Å². The molecule has 0 amide bonds. The number of nitrogens with two attached hydrogens (primary N) is 2. The van der Waals surface area contributed by atoms with Gasteiger partial charge in [-0.2, -0.15) is 0 Å². The largest absolute Gasteiger partial charge is 0.399 e. The Morgan fingerprint density at radius 3 is 1.67 bits per heavy atom. The molecule has 4 N–H and O–H groups in total. The molecule has 0 radical (unpaired) electrons. The van der Waals surface area contributed by atoms with Crippen molar-refractivity contribution in [1.82, 2.24) is 0 Å². The second-order valence-electron chi connectivity index (χ2n) is 8.38. The highest BCUT2D eigenvalue weighted by Crippen LogP contribution is 2.55. The van der Waals surface area contributed by atoms with Crippen LogP contribution in [0.4, 0.5) is 11.4 Å². The summed E-state index contributed by atoms with van der Waals surface area (Å²) in [5.74, 6) is 0.589. The molecule has 0 saturated heterocycles. The van der Waals surface area contributed by atoms with Crippen molar-refractivity contribution in [3.05, 3.63) is 59.7 Å². The highest BCUT2D eigenvalue weighted by Gasteiger charge is 2.48. The van der Waals surface area contributed by atoms with E-state index < -0.39 is 0 Å². The summed E-state index contributed by atoms with van der Waals surface area (Å²) in [6, 6.07) is 17.1. The fourth-order valence-electron chi connectivity index (χ4n) is 4.76. The Morgan fingerprint density at radius 2 is 1.25 bits per heavy atom. The number of hydrogen-bond donors (Lipinski definition) is 2. The van der Waals surface area contributed by atoms with Crippen LogP contribution in [0.5, 0.6) is 0 Å². The SMILES string of the molecule is CC(C)(C)C1CCCCC1(c1ccc(N)cc1)c1ccc(N)cc1. The molecule has 2 aromatic carbocycles. The molecule has 1 unspecified atom stereocenters. The maximum absolute atomic E-state index is 5.96. The van der Waals surface area contributed by atoms with Gasteiger partial charge in [0.05, 0.1) is 0 Å². The van der Waals surface area contributed by atoms with Gasteiger partial charge in [0.25, 0.3) is 0 Å². The molecule has 1 saturated carbocycles. The lowest BCUT2D eigenvalue weighted by Crippen LogP contribution is -2.45. The van der Waals surface area contributed by atoms with Crippen LogP contribution in [-0.2, 0) is 5.41 Å². The summed E-state index contributed by atoms with van der Waals surface area (Å²) in [5.41, 5.74) is 16.6. The minimum atomic E-state index is 0.0396. The first-order chi connectivity index (χ1) is 11.3. The molecule has 2 nitrogen and oxygen atoms in total. The lowest BCUT2D eigenvalue weighted by molar-refractivity contribution is 0.100. The molecule has 0 heterocycles. The number of rotatable bonds is 2. The highest BCUT2D eigenvalue weighted by molar-refractivity contribution is 5.50. The van der Waals surface area contributed by atoms with Crippen molar-refractivity contribution < 1.29 is 0 Å². The third-order valence-electron chi connectivity index (χ3n) is 5.81. The van der Waals surface area contributed by atoms with Gasteiger partial charge in [0, 0.05) is 16.8 Å². The predicted molar refractivity (Wildman–Crippen MR) is 104 cm³/mol. The molecule has 128 valence electrons. The average molecular weight is 322 g/mol. The molecule has 1 aliphatic rings. The summed E-state index contributed by atoms with van der Waals surface area (Å²) in [5, 5.41) is 0. The van der Waals surface area contributed by atoms with E-state index in [4.69, 9.17) is 11.5 Å². The maximum atomic E-state index is 5.96. The topological polar surface area (TPSA) is 52.0 Å². The van der Waals surface area contributed by atoms with E-state index >= 15 is 0 Å². The normalized spacial score (nSPS) is 20.7. The average Bonchev–Trinajstić information content (AvgIpc) is 2.55. The number of nitrogen functional groups attached to an aromatic ring is 2. The number of benzene rings is 2. The van der Waals surface area contributed by atoms with E-state index in [-0.39, 0.29) is 10.8 Å². The minimum Gasteiger partial charge on any atom is -0.399 e. The first-order valence-electron chi connectivity index (χ1n) is 9.06. The third kappa shape index (κ3) is 2.90. The predicted octanol–water partition coefficient (Wildman–Crippen LogP) is 5.37. The van der Waals surface area contributed by atoms with E-state index in [9.17, 15) is 0 Å². The Hall–Kier alpha value is -1.96. The smallest absolute Gasteiger partial charge is 0.0314 e. The van der Waals surface area contributed by atoms with Crippen molar-refractivity contribution in [3.8, 4) is 0 Å². The molecule has 0 spiro atoms. The number of anilines is 2. The highest BCUT2D eigenvalue weighted by atomic mass is 14.6. The van der Waals surface area contributed by atoms with Gasteiger partial charge in [0.2, 0.25) is 0 Å². The fourth-order valence-corrected chi connectivity index (χ4v) is 4.76. The van der Waals surface area contributed by atoms with Gasteiger partial charge in [-0.15, -0.1) is 0 Å². The lowest BCUT2D eigenvalue weighted by atomic mass is 9.52. The Bertz CT molecular complexity index is 632. The summed E-state index contributed by atoms with van der Waals surface area (Å²) in [4.78, 5) is 0. The molecule has 0 aliphatic heterocycles. The maximum Gasteiger partial charge on any atom is 0.0314 e. The van der Waals surface area contributed by atoms with Crippen molar-refractivity contribution in [2.24, 2.45) is 11.3 Å². The van der Waals surface area contributed by atoms with Gasteiger partial charge in [-0.05, 0) is 59.6 Å². The van der Waals surface area contributed by atoms with Gasteiger partial charge < -0.3 is 11.5 Å². The second kappa shape index (κ2) is 6.16. The Labute approximate surface area is 146 Å². The van der Waals surface area contributed by atoms with Crippen LogP contribution >= 0.6 is 0 Å². The van der Waals surface area contributed by atoms with Crippen LogP contribution in [0.2, 0.25) is 0 Å². The minimum absolute atomic E-state index is 0.0396. The molecule has 0 bridgehead atoms.